The number of rotatable bonds is 5. The van der Waals surface area contributed by atoms with Gasteiger partial charge in [-0.1, -0.05) is 18.2 Å². The summed E-state index contributed by atoms with van der Waals surface area (Å²) in [6.45, 7) is 0.757. The maximum atomic E-state index is 12.2. The number of aliphatic hydroxyl groups excluding tert-OH is 1. The molecular weight excluding hydrogens is 422 g/mol. The predicted molar refractivity (Wildman–Crippen MR) is 108 cm³/mol. The Morgan fingerprint density at radius 3 is 2.59 bits per heavy atom. The average Bonchev–Trinajstić information content (AvgIpc) is 3.06. The molecule has 2 heterocycles. The molecule has 3 rings (SSSR count). The number of ether oxygens (including phenoxy) is 3. The molecule has 1 saturated heterocycles. The van der Waals surface area contributed by atoms with E-state index in [-0.39, 0.29) is 11.4 Å². The number of aromatic nitrogens is 2. The van der Waals surface area contributed by atoms with E-state index in [2.05, 4.69) is 4.98 Å². The molecule has 0 amide bonds. The normalized spacial score (nSPS) is 21.8. The molecule has 166 valence electrons. The first-order valence-corrected chi connectivity index (χ1v) is 9.40. The highest BCUT2D eigenvalue weighted by Crippen LogP contribution is 2.31. The van der Waals surface area contributed by atoms with Gasteiger partial charge in [-0.3, -0.25) is 9.36 Å². The highest BCUT2D eigenvalue weighted by atomic mass is 16.6. The summed E-state index contributed by atoms with van der Waals surface area (Å²) in [4.78, 5) is 50.9. The van der Waals surface area contributed by atoms with Crippen LogP contribution >= 0.6 is 0 Å². The average molecular weight is 441 g/mol. The summed E-state index contributed by atoms with van der Waals surface area (Å²) in [5.41, 5.74) is 4.95. The van der Waals surface area contributed by atoms with Crippen molar-refractivity contribution < 1.29 is 33.7 Å². The number of nitrogen functional groups attached to an aromatic ring is 1. The predicted octanol–water partition coefficient (Wildman–Crippen LogP) is -0.555. The molecule has 1 aliphatic heterocycles. The minimum Gasteiger partial charge on any atom is -0.459 e. The molecule has 3 N–H and O–H groups in total. The van der Waals surface area contributed by atoms with Gasteiger partial charge in [0, 0.05) is 19.0 Å². The standard InChI is InChI=1S/C21H19N3O8/c1-12(25)7-8-16(26)32-18-14(11-30-20(28)13-5-3-2-4-6-13)31-19(17(18)27)24-10-9-15(22)23-21(24)29/h2-6,9-10,14,17-19,27H,11H2,1H3,(H2,22,23,29)/t14-,17-,18-,19-/m1/s1. The zero-order valence-corrected chi connectivity index (χ0v) is 16.8. The molecular formula is C21H19N3O8. The third-order valence-corrected chi connectivity index (χ3v) is 4.41. The summed E-state index contributed by atoms with van der Waals surface area (Å²) in [7, 11) is 0. The lowest BCUT2D eigenvalue weighted by molar-refractivity contribution is -0.149. The Kier molecular flexibility index (Phi) is 6.99. The Morgan fingerprint density at radius 2 is 1.94 bits per heavy atom. The number of carbonyl (C=O) groups is 3. The van der Waals surface area contributed by atoms with E-state index >= 15 is 0 Å². The van der Waals surface area contributed by atoms with Crippen molar-refractivity contribution in [2.45, 2.75) is 31.5 Å². The number of carbonyl (C=O) groups excluding carboxylic acids is 3. The number of Topliss-reactive ketones (excluding diaryl/α,β-unsaturated/α-hetero) is 1. The molecule has 0 radical (unpaired) electrons. The van der Waals surface area contributed by atoms with Gasteiger partial charge in [0.2, 0.25) is 5.78 Å². The van der Waals surface area contributed by atoms with E-state index < -0.39 is 54.6 Å². The quantitative estimate of drug-likeness (QED) is 0.266. The van der Waals surface area contributed by atoms with Crippen LogP contribution in [0.25, 0.3) is 0 Å². The number of aliphatic hydroxyl groups is 1. The van der Waals surface area contributed by atoms with E-state index in [1.165, 1.54) is 12.3 Å². The third-order valence-electron chi connectivity index (χ3n) is 4.41. The van der Waals surface area contributed by atoms with Crippen molar-refractivity contribution in [3.8, 4) is 11.8 Å². The largest absolute Gasteiger partial charge is 0.459 e. The summed E-state index contributed by atoms with van der Waals surface area (Å²) in [6, 6.07) is 9.45. The van der Waals surface area contributed by atoms with E-state index in [1.807, 2.05) is 11.8 Å². The maximum Gasteiger partial charge on any atom is 0.385 e. The zero-order chi connectivity index (χ0) is 23.3. The van der Waals surface area contributed by atoms with Gasteiger partial charge in [-0.15, -0.1) is 0 Å². The third kappa shape index (κ3) is 5.37. The Labute approximate surface area is 181 Å². The van der Waals surface area contributed by atoms with Crippen LogP contribution in [0.1, 0.15) is 23.5 Å². The highest BCUT2D eigenvalue weighted by molar-refractivity contribution is 6.00. The zero-order valence-electron chi connectivity index (χ0n) is 16.8. The van der Waals surface area contributed by atoms with Gasteiger partial charge in [-0.25, -0.2) is 14.4 Å². The first-order chi connectivity index (χ1) is 15.3. The van der Waals surface area contributed by atoms with Crippen LogP contribution in [0.3, 0.4) is 0 Å². The fourth-order valence-corrected chi connectivity index (χ4v) is 2.96. The fourth-order valence-electron chi connectivity index (χ4n) is 2.96. The Morgan fingerprint density at radius 1 is 1.22 bits per heavy atom. The van der Waals surface area contributed by atoms with Gasteiger partial charge < -0.3 is 25.1 Å². The van der Waals surface area contributed by atoms with Crippen molar-refractivity contribution in [2.24, 2.45) is 0 Å². The minimum atomic E-state index is -1.54. The maximum absolute atomic E-state index is 12.2. The van der Waals surface area contributed by atoms with Crippen molar-refractivity contribution in [2.75, 3.05) is 12.3 Å². The van der Waals surface area contributed by atoms with Crippen molar-refractivity contribution in [3.63, 3.8) is 0 Å². The van der Waals surface area contributed by atoms with Gasteiger partial charge >= 0.3 is 17.6 Å². The smallest absolute Gasteiger partial charge is 0.385 e. The summed E-state index contributed by atoms with van der Waals surface area (Å²) in [5.74, 6) is 1.65. The van der Waals surface area contributed by atoms with Crippen molar-refractivity contribution in [1.82, 2.24) is 9.55 Å². The van der Waals surface area contributed by atoms with Crippen molar-refractivity contribution >= 4 is 23.5 Å². The molecule has 11 nitrogen and oxygen atoms in total. The molecule has 4 atom stereocenters. The Bertz CT molecular complexity index is 1130. The summed E-state index contributed by atoms with van der Waals surface area (Å²) < 4.78 is 17.0. The second-order valence-corrected chi connectivity index (χ2v) is 6.74. The molecule has 0 bridgehead atoms. The SMILES string of the molecule is CC(=O)C#CC(=O)O[C@H]1[C@@H](O)[C@H](n2ccc(N)nc2=O)O[C@@H]1COC(=O)c1ccccc1. The molecule has 1 aromatic heterocycles. The second-order valence-electron chi connectivity index (χ2n) is 6.74. The van der Waals surface area contributed by atoms with Gasteiger partial charge in [0.15, 0.2) is 12.3 Å². The van der Waals surface area contributed by atoms with Gasteiger partial charge in [-0.05, 0) is 24.1 Å². The number of nitrogens with two attached hydrogens (primary N) is 1. The van der Waals surface area contributed by atoms with Crippen molar-refractivity contribution in [1.29, 1.82) is 0 Å². The molecule has 0 unspecified atom stereocenters. The Hall–Kier alpha value is -4.01. The fraction of sp³-hybridized carbons (Fsp3) is 0.286. The van der Waals surface area contributed by atoms with Gasteiger partial charge in [-0.2, -0.15) is 4.98 Å². The van der Waals surface area contributed by atoms with Crippen LogP contribution in [0.5, 0.6) is 0 Å². The summed E-state index contributed by atoms with van der Waals surface area (Å²) >= 11 is 0. The van der Waals surface area contributed by atoms with Crippen LogP contribution in [0.2, 0.25) is 0 Å². The number of ketones is 1. The topological polar surface area (TPSA) is 160 Å². The molecule has 11 heteroatoms. The summed E-state index contributed by atoms with van der Waals surface area (Å²) in [6.07, 6.45) is -4.10. The van der Waals surface area contributed by atoms with Crippen LogP contribution in [0, 0.1) is 11.8 Å². The van der Waals surface area contributed by atoms with Crippen LogP contribution < -0.4 is 11.4 Å². The molecule has 2 aromatic rings. The van der Waals surface area contributed by atoms with E-state index in [4.69, 9.17) is 19.9 Å². The lowest BCUT2D eigenvalue weighted by atomic mass is 10.1. The molecule has 32 heavy (non-hydrogen) atoms. The lowest BCUT2D eigenvalue weighted by Gasteiger charge is -2.19. The van der Waals surface area contributed by atoms with Gasteiger partial charge in [0.25, 0.3) is 0 Å². The number of anilines is 1. The van der Waals surface area contributed by atoms with Crippen LogP contribution in [-0.2, 0) is 23.8 Å². The molecule has 0 saturated carbocycles. The minimum absolute atomic E-state index is 0.0328. The van der Waals surface area contributed by atoms with Gasteiger partial charge in [0.1, 0.15) is 24.6 Å². The van der Waals surface area contributed by atoms with E-state index in [0.29, 0.717) is 0 Å². The molecule has 1 fully saturated rings. The monoisotopic (exact) mass is 441 g/mol. The molecule has 1 aliphatic rings. The first-order valence-electron chi connectivity index (χ1n) is 9.40. The highest BCUT2D eigenvalue weighted by Gasteiger charge is 2.48. The first kappa shape index (κ1) is 22.7. The number of esters is 2. The molecule has 0 aliphatic carbocycles. The second kappa shape index (κ2) is 9.86. The number of benzene rings is 1. The van der Waals surface area contributed by atoms with Crippen LogP contribution in [0.4, 0.5) is 5.82 Å². The van der Waals surface area contributed by atoms with Gasteiger partial charge in [0.05, 0.1) is 5.56 Å². The Balaban J connectivity index is 1.81. The lowest BCUT2D eigenvalue weighted by Crippen LogP contribution is -2.39. The number of hydrogen-bond acceptors (Lipinski definition) is 10. The van der Waals surface area contributed by atoms with E-state index in [9.17, 15) is 24.3 Å². The van der Waals surface area contributed by atoms with Crippen molar-refractivity contribution in [3.05, 3.63) is 58.6 Å². The molecule has 0 spiro atoms. The molecule has 1 aromatic carbocycles. The summed E-state index contributed by atoms with van der Waals surface area (Å²) in [5, 5.41) is 10.7. The number of nitrogens with zero attached hydrogens (tertiary/aromatic N) is 2. The van der Waals surface area contributed by atoms with E-state index in [1.54, 1.807) is 30.3 Å². The van der Waals surface area contributed by atoms with E-state index in [0.717, 1.165) is 11.5 Å². The number of hydrogen-bond donors (Lipinski definition) is 2. The van der Waals surface area contributed by atoms with Crippen LogP contribution in [0.15, 0.2) is 47.4 Å². The van der Waals surface area contributed by atoms with Crippen LogP contribution in [-0.4, -0.2) is 57.3 Å².